The first-order valence-electron chi connectivity index (χ1n) is 4.71. The standard InChI is InChI=1S/C12H15N3/c1-4-11-7-5-6-8-12(11)15-10(3)14-9(2)13/h4-8H,1H2,2-3H3,(H2,13,14,15). The summed E-state index contributed by atoms with van der Waals surface area (Å²) in [4.78, 5) is 8.41. The quantitative estimate of drug-likeness (QED) is 0.580. The van der Waals surface area contributed by atoms with E-state index in [2.05, 4.69) is 16.6 Å². The molecule has 0 aliphatic heterocycles. The molecule has 3 heteroatoms. The van der Waals surface area contributed by atoms with Crippen molar-refractivity contribution >= 4 is 23.4 Å². The van der Waals surface area contributed by atoms with Gasteiger partial charge in [0.15, 0.2) is 0 Å². The van der Waals surface area contributed by atoms with E-state index in [9.17, 15) is 0 Å². The average Bonchev–Trinajstić information content (AvgIpc) is 2.17. The Kier molecular flexibility index (Phi) is 3.80. The molecule has 78 valence electrons. The van der Waals surface area contributed by atoms with Gasteiger partial charge < -0.3 is 5.73 Å². The van der Waals surface area contributed by atoms with E-state index in [1.807, 2.05) is 31.2 Å². The van der Waals surface area contributed by atoms with Crippen LogP contribution in [0.15, 0.2) is 40.8 Å². The van der Waals surface area contributed by atoms with Gasteiger partial charge in [-0.05, 0) is 25.5 Å². The molecule has 15 heavy (non-hydrogen) atoms. The third kappa shape index (κ3) is 3.38. The van der Waals surface area contributed by atoms with E-state index in [0.29, 0.717) is 11.7 Å². The first kappa shape index (κ1) is 11.2. The van der Waals surface area contributed by atoms with Gasteiger partial charge in [-0.1, -0.05) is 30.9 Å². The van der Waals surface area contributed by atoms with E-state index in [0.717, 1.165) is 11.3 Å². The molecule has 0 fully saturated rings. The molecule has 3 nitrogen and oxygen atoms in total. The first-order chi connectivity index (χ1) is 7.13. The maximum Gasteiger partial charge on any atom is 0.127 e. The molecule has 0 saturated heterocycles. The Morgan fingerprint density at radius 1 is 1.33 bits per heavy atom. The van der Waals surface area contributed by atoms with E-state index in [1.165, 1.54) is 0 Å². The van der Waals surface area contributed by atoms with Crippen LogP contribution in [0.5, 0.6) is 0 Å². The number of aliphatic imine (C=N–C) groups is 2. The van der Waals surface area contributed by atoms with E-state index >= 15 is 0 Å². The van der Waals surface area contributed by atoms with Gasteiger partial charge in [0.25, 0.3) is 0 Å². The van der Waals surface area contributed by atoms with Crippen LogP contribution in [0.2, 0.25) is 0 Å². The minimum Gasteiger partial charge on any atom is -0.387 e. The van der Waals surface area contributed by atoms with Crippen LogP contribution < -0.4 is 5.73 Å². The number of amidine groups is 2. The third-order valence-electron chi connectivity index (χ3n) is 1.78. The zero-order valence-corrected chi connectivity index (χ0v) is 9.07. The van der Waals surface area contributed by atoms with Gasteiger partial charge in [0.05, 0.1) is 11.5 Å². The van der Waals surface area contributed by atoms with Gasteiger partial charge in [-0.3, -0.25) is 0 Å². The number of hydrogen-bond donors (Lipinski definition) is 1. The molecule has 0 aromatic heterocycles. The maximum atomic E-state index is 5.47. The zero-order valence-electron chi connectivity index (χ0n) is 9.07. The van der Waals surface area contributed by atoms with Crippen LogP contribution in [0.1, 0.15) is 19.4 Å². The van der Waals surface area contributed by atoms with Crippen molar-refractivity contribution in [3.8, 4) is 0 Å². The number of nitrogens with zero attached hydrogens (tertiary/aromatic N) is 2. The minimum atomic E-state index is 0.507. The molecule has 0 saturated carbocycles. The van der Waals surface area contributed by atoms with Crippen molar-refractivity contribution in [1.82, 2.24) is 0 Å². The largest absolute Gasteiger partial charge is 0.387 e. The Hall–Kier alpha value is -1.90. The van der Waals surface area contributed by atoms with Crippen molar-refractivity contribution in [1.29, 1.82) is 0 Å². The van der Waals surface area contributed by atoms with Crippen molar-refractivity contribution in [2.24, 2.45) is 15.7 Å². The molecule has 2 N–H and O–H groups in total. The summed E-state index contributed by atoms with van der Waals surface area (Å²) >= 11 is 0. The fourth-order valence-corrected chi connectivity index (χ4v) is 1.22. The lowest BCUT2D eigenvalue weighted by Gasteiger charge is -2.00. The van der Waals surface area contributed by atoms with Crippen LogP contribution >= 0.6 is 0 Å². The lowest BCUT2D eigenvalue weighted by Crippen LogP contribution is -2.07. The lowest BCUT2D eigenvalue weighted by molar-refractivity contribution is 1.41. The fourth-order valence-electron chi connectivity index (χ4n) is 1.22. The predicted octanol–water partition coefficient (Wildman–Crippen LogP) is 2.76. The highest BCUT2D eigenvalue weighted by atomic mass is 15.0. The highest BCUT2D eigenvalue weighted by Gasteiger charge is 1.96. The summed E-state index contributed by atoms with van der Waals surface area (Å²) in [6.45, 7) is 7.28. The second-order valence-electron chi connectivity index (χ2n) is 3.18. The highest BCUT2D eigenvalue weighted by molar-refractivity contribution is 5.95. The van der Waals surface area contributed by atoms with Crippen LogP contribution in [-0.2, 0) is 0 Å². The maximum absolute atomic E-state index is 5.47. The Morgan fingerprint density at radius 3 is 2.60 bits per heavy atom. The number of para-hydroxylation sites is 1. The van der Waals surface area contributed by atoms with Crippen molar-refractivity contribution in [3.05, 3.63) is 36.4 Å². The van der Waals surface area contributed by atoms with Crippen molar-refractivity contribution in [2.45, 2.75) is 13.8 Å². The second kappa shape index (κ2) is 5.10. The summed E-state index contributed by atoms with van der Waals surface area (Å²) in [5.74, 6) is 1.15. The normalized spacial score (nSPS) is 12.7. The molecule has 1 aromatic carbocycles. The van der Waals surface area contributed by atoms with Gasteiger partial charge in [0, 0.05) is 0 Å². The monoisotopic (exact) mass is 201 g/mol. The predicted molar refractivity (Wildman–Crippen MR) is 66.6 cm³/mol. The molecule has 0 heterocycles. The molecule has 1 rings (SSSR count). The first-order valence-corrected chi connectivity index (χ1v) is 4.71. The Labute approximate surface area is 90.1 Å². The van der Waals surface area contributed by atoms with Gasteiger partial charge in [0.2, 0.25) is 0 Å². The SMILES string of the molecule is C=Cc1ccccc1N=C(C)N=C(C)N. The topological polar surface area (TPSA) is 50.7 Å². The summed E-state index contributed by atoms with van der Waals surface area (Å²) in [5, 5.41) is 0. The second-order valence-corrected chi connectivity index (χ2v) is 3.18. The smallest absolute Gasteiger partial charge is 0.127 e. The molecule has 0 amide bonds. The third-order valence-corrected chi connectivity index (χ3v) is 1.78. The van der Waals surface area contributed by atoms with E-state index in [4.69, 9.17) is 5.73 Å². The molecule has 0 bridgehead atoms. The molecule has 1 aromatic rings. The lowest BCUT2D eigenvalue weighted by atomic mass is 10.2. The number of rotatable bonds is 2. The van der Waals surface area contributed by atoms with Crippen LogP contribution in [0.3, 0.4) is 0 Å². The Morgan fingerprint density at radius 2 is 2.00 bits per heavy atom. The highest BCUT2D eigenvalue weighted by Crippen LogP contribution is 2.19. The summed E-state index contributed by atoms with van der Waals surface area (Å²) in [7, 11) is 0. The van der Waals surface area contributed by atoms with E-state index < -0.39 is 0 Å². The summed E-state index contributed by atoms with van der Waals surface area (Å²) in [5.41, 5.74) is 7.31. The van der Waals surface area contributed by atoms with Crippen molar-refractivity contribution in [3.63, 3.8) is 0 Å². The van der Waals surface area contributed by atoms with Crippen LogP contribution in [-0.4, -0.2) is 11.7 Å². The summed E-state index contributed by atoms with van der Waals surface area (Å²) in [6, 6.07) is 7.75. The van der Waals surface area contributed by atoms with E-state index in [-0.39, 0.29) is 0 Å². The number of hydrogen-bond acceptors (Lipinski definition) is 1. The zero-order chi connectivity index (χ0) is 11.3. The number of nitrogens with two attached hydrogens (primary N) is 1. The molecule has 0 unspecified atom stereocenters. The molecule has 0 radical (unpaired) electrons. The minimum absolute atomic E-state index is 0.507. The molecule has 0 spiro atoms. The van der Waals surface area contributed by atoms with Gasteiger partial charge in [-0.15, -0.1) is 0 Å². The molecule has 0 aliphatic rings. The van der Waals surface area contributed by atoms with Crippen molar-refractivity contribution in [2.75, 3.05) is 0 Å². The van der Waals surface area contributed by atoms with Gasteiger partial charge >= 0.3 is 0 Å². The average molecular weight is 201 g/mol. The van der Waals surface area contributed by atoms with Crippen LogP contribution in [0.4, 0.5) is 5.69 Å². The summed E-state index contributed by atoms with van der Waals surface area (Å²) < 4.78 is 0. The molecular weight excluding hydrogens is 186 g/mol. The summed E-state index contributed by atoms with van der Waals surface area (Å²) in [6.07, 6.45) is 1.77. The van der Waals surface area contributed by atoms with Gasteiger partial charge in [0.1, 0.15) is 5.84 Å². The fraction of sp³-hybridized carbons (Fsp3) is 0.167. The Bertz CT molecular complexity index is 413. The molecule has 0 aliphatic carbocycles. The van der Waals surface area contributed by atoms with E-state index in [1.54, 1.807) is 13.0 Å². The van der Waals surface area contributed by atoms with Gasteiger partial charge in [-0.2, -0.15) is 0 Å². The van der Waals surface area contributed by atoms with Crippen LogP contribution in [0.25, 0.3) is 6.08 Å². The molecular formula is C12H15N3. The van der Waals surface area contributed by atoms with Crippen molar-refractivity contribution < 1.29 is 0 Å². The Balaban J connectivity index is 3.07. The van der Waals surface area contributed by atoms with Crippen LogP contribution in [0, 0.1) is 0 Å². The number of benzene rings is 1. The van der Waals surface area contributed by atoms with Gasteiger partial charge in [-0.25, -0.2) is 9.98 Å². The molecule has 0 atom stereocenters.